The Balaban J connectivity index is 1.65. The van der Waals surface area contributed by atoms with Crippen LogP contribution in [0.4, 0.5) is 4.39 Å². The molecule has 4 nitrogen and oxygen atoms in total. The smallest absolute Gasteiger partial charge is 0.335 e. The number of aromatic carboxylic acids is 1. The molecule has 1 atom stereocenters. The van der Waals surface area contributed by atoms with E-state index in [1.54, 1.807) is 18.2 Å². The Hall–Kier alpha value is -2.24. The van der Waals surface area contributed by atoms with Gasteiger partial charge in [-0.25, -0.2) is 9.18 Å². The summed E-state index contributed by atoms with van der Waals surface area (Å²) < 4.78 is 19.1. The summed E-state index contributed by atoms with van der Waals surface area (Å²) in [5.41, 5.74) is 2.18. The van der Waals surface area contributed by atoms with Crippen molar-refractivity contribution >= 4 is 5.97 Å². The van der Waals surface area contributed by atoms with Crippen molar-refractivity contribution in [1.29, 1.82) is 0 Å². The van der Waals surface area contributed by atoms with Crippen LogP contribution in [0, 0.1) is 5.82 Å². The van der Waals surface area contributed by atoms with Gasteiger partial charge in [0.05, 0.1) is 18.3 Å². The first kappa shape index (κ1) is 15.6. The molecule has 5 heteroatoms. The maximum Gasteiger partial charge on any atom is 0.335 e. The summed E-state index contributed by atoms with van der Waals surface area (Å²) in [6.07, 6.45) is -0.141. The van der Waals surface area contributed by atoms with Crippen molar-refractivity contribution in [3.8, 4) is 0 Å². The van der Waals surface area contributed by atoms with Crippen molar-refractivity contribution in [2.75, 3.05) is 19.7 Å². The van der Waals surface area contributed by atoms with Crippen molar-refractivity contribution < 1.29 is 19.0 Å². The van der Waals surface area contributed by atoms with Crippen LogP contribution < -0.4 is 0 Å². The largest absolute Gasteiger partial charge is 0.478 e. The highest BCUT2D eigenvalue weighted by Crippen LogP contribution is 2.23. The first-order valence-corrected chi connectivity index (χ1v) is 7.53. The van der Waals surface area contributed by atoms with Crippen LogP contribution in [0.1, 0.15) is 27.6 Å². The SMILES string of the molecule is O=C(O)c1ccc(CN2CCOC(c3cccc(F)c3)C2)cc1. The van der Waals surface area contributed by atoms with E-state index >= 15 is 0 Å². The van der Waals surface area contributed by atoms with Crippen molar-refractivity contribution in [3.05, 3.63) is 71.0 Å². The molecule has 1 saturated heterocycles. The lowest BCUT2D eigenvalue weighted by molar-refractivity contribution is -0.0330. The van der Waals surface area contributed by atoms with Crippen LogP contribution in [0.15, 0.2) is 48.5 Å². The molecule has 3 rings (SSSR count). The molecule has 0 amide bonds. The zero-order valence-corrected chi connectivity index (χ0v) is 12.6. The molecule has 0 bridgehead atoms. The van der Waals surface area contributed by atoms with E-state index in [2.05, 4.69) is 4.90 Å². The predicted molar refractivity (Wildman–Crippen MR) is 83.8 cm³/mol. The van der Waals surface area contributed by atoms with Crippen molar-refractivity contribution in [1.82, 2.24) is 4.90 Å². The van der Waals surface area contributed by atoms with Crippen LogP contribution in [0.3, 0.4) is 0 Å². The third-order valence-corrected chi connectivity index (χ3v) is 3.98. The van der Waals surface area contributed by atoms with Gasteiger partial charge >= 0.3 is 5.97 Å². The van der Waals surface area contributed by atoms with Crippen LogP contribution in [0.2, 0.25) is 0 Å². The summed E-state index contributed by atoms with van der Waals surface area (Å²) in [6, 6.07) is 13.4. The second-order valence-electron chi connectivity index (χ2n) is 5.65. The topological polar surface area (TPSA) is 49.8 Å². The third-order valence-electron chi connectivity index (χ3n) is 3.98. The average Bonchev–Trinajstić information content (AvgIpc) is 2.56. The number of nitrogens with zero attached hydrogens (tertiary/aromatic N) is 1. The average molecular weight is 315 g/mol. The molecular formula is C18H18FNO3. The maximum absolute atomic E-state index is 13.4. The zero-order chi connectivity index (χ0) is 16.2. The van der Waals surface area contributed by atoms with Crippen LogP contribution in [-0.4, -0.2) is 35.7 Å². The fraction of sp³-hybridized carbons (Fsp3) is 0.278. The summed E-state index contributed by atoms with van der Waals surface area (Å²) in [4.78, 5) is 13.1. The van der Waals surface area contributed by atoms with Gasteiger partial charge in [-0.15, -0.1) is 0 Å². The minimum absolute atomic E-state index is 0.141. The van der Waals surface area contributed by atoms with E-state index in [1.807, 2.05) is 18.2 Å². The van der Waals surface area contributed by atoms with Gasteiger partial charge in [-0.2, -0.15) is 0 Å². The molecule has 1 heterocycles. The van der Waals surface area contributed by atoms with Crippen molar-refractivity contribution in [2.45, 2.75) is 12.6 Å². The monoisotopic (exact) mass is 315 g/mol. The molecule has 0 aliphatic carbocycles. The number of hydrogen-bond acceptors (Lipinski definition) is 3. The molecule has 1 N–H and O–H groups in total. The lowest BCUT2D eigenvalue weighted by Gasteiger charge is -2.33. The molecule has 1 fully saturated rings. The van der Waals surface area contributed by atoms with Gasteiger partial charge in [-0.3, -0.25) is 4.90 Å². The molecule has 0 aromatic heterocycles. The van der Waals surface area contributed by atoms with Crippen molar-refractivity contribution in [3.63, 3.8) is 0 Å². The first-order valence-electron chi connectivity index (χ1n) is 7.53. The lowest BCUT2D eigenvalue weighted by atomic mass is 10.1. The van der Waals surface area contributed by atoms with E-state index in [1.165, 1.54) is 12.1 Å². The predicted octanol–water partition coefficient (Wildman–Crippen LogP) is 3.10. The number of morpholine rings is 1. The number of carboxylic acids is 1. The standard InChI is InChI=1S/C18H18FNO3/c19-16-3-1-2-15(10-16)17-12-20(8-9-23-17)11-13-4-6-14(7-5-13)18(21)22/h1-7,10,17H,8-9,11-12H2,(H,21,22). The van der Waals surface area contributed by atoms with E-state index in [0.717, 1.165) is 24.2 Å². The van der Waals surface area contributed by atoms with E-state index < -0.39 is 5.97 Å². The molecule has 1 unspecified atom stereocenters. The van der Waals surface area contributed by atoms with E-state index in [9.17, 15) is 9.18 Å². The Bertz CT molecular complexity index is 687. The van der Waals surface area contributed by atoms with Crippen molar-refractivity contribution in [2.24, 2.45) is 0 Å². The highest BCUT2D eigenvalue weighted by Gasteiger charge is 2.22. The molecule has 1 aliphatic heterocycles. The lowest BCUT2D eigenvalue weighted by Crippen LogP contribution is -2.37. The minimum atomic E-state index is -0.922. The van der Waals surface area contributed by atoms with Gasteiger partial charge in [0, 0.05) is 19.6 Å². The second-order valence-corrected chi connectivity index (χ2v) is 5.65. The van der Waals surface area contributed by atoms with E-state index in [4.69, 9.17) is 9.84 Å². The van der Waals surface area contributed by atoms with Gasteiger partial charge in [0.15, 0.2) is 0 Å². The van der Waals surface area contributed by atoms with Gasteiger partial charge in [0.25, 0.3) is 0 Å². The molecule has 0 saturated carbocycles. The molecule has 0 spiro atoms. The Morgan fingerprint density at radius 1 is 1.26 bits per heavy atom. The van der Waals surface area contributed by atoms with Gasteiger partial charge < -0.3 is 9.84 Å². The number of ether oxygens (including phenoxy) is 1. The van der Waals surface area contributed by atoms with Gasteiger partial charge in [-0.1, -0.05) is 24.3 Å². The number of hydrogen-bond donors (Lipinski definition) is 1. The highest BCUT2D eigenvalue weighted by atomic mass is 19.1. The molecule has 23 heavy (non-hydrogen) atoms. The van der Waals surface area contributed by atoms with Crippen LogP contribution in [0.5, 0.6) is 0 Å². The van der Waals surface area contributed by atoms with Crippen LogP contribution in [0.25, 0.3) is 0 Å². The molecule has 1 aliphatic rings. The Kier molecular flexibility index (Phi) is 4.69. The normalized spacial score (nSPS) is 18.7. The molecular weight excluding hydrogens is 297 g/mol. The zero-order valence-electron chi connectivity index (χ0n) is 12.6. The molecule has 120 valence electrons. The van der Waals surface area contributed by atoms with Gasteiger partial charge in [-0.05, 0) is 35.4 Å². The summed E-state index contributed by atoms with van der Waals surface area (Å²) in [5.74, 6) is -1.18. The quantitative estimate of drug-likeness (QED) is 0.942. The number of carboxylic acid groups (broad SMARTS) is 1. The number of halogens is 1. The number of rotatable bonds is 4. The summed E-state index contributed by atoms with van der Waals surface area (Å²) in [5, 5.41) is 8.92. The van der Waals surface area contributed by atoms with Crippen LogP contribution in [-0.2, 0) is 11.3 Å². The minimum Gasteiger partial charge on any atom is -0.478 e. The molecule has 2 aromatic rings. The molecule has 2 aromatic carbocycles. The van der Waals surface area contributed by atoms with E-state index in [-0.39, 0.29) is 17.5 Å². The Morgan fingerprint density at radius 3 is 2.74 bits per heavy atom. The fourth-order valence-corrected chi connectivity index (χ4v) is 2.77. The Labute approximate surface area is 134 Å². The third kappa shape index (κ3) is 3.94. The maximum atomic E-state index is 13.4. The second kappa shape index (κ2) is 6.89. The fourth-order valence-electron chi connectivity index (χ4n) is 2.77. The van der Waals surface area contributed by atoms with Gasteiger partial charge in [0.1, 0.15) is 5.82 Å². The summed E-state index contributed by atoms with van der Waals surface area (Å²) in [6.45, 7) is 2.79. The van der Waals surface area contributed by atoms with Crippen LogP contribution >= 0.6 is 0 Å². The highest BCUT2D eigenvalue weighted by molar-refractivity contribution is 5.87. The van der Waals surface area contributed by atoms with Gasteiger partial charge in [0.2, 0.25) is 0 Å². The number of benzene rings is 2. The summed E-state index contributed by atoms with van der Waals surface area (Å²) >= 11 is 0. The number of carbonyl (C=O) groups is 1. The van der Waals surface area contributed by atoms with E-state index in [0.29, 0.717) is 13.2 Å². The summed E-state index contributed by atoms with van der Waals surface area (Å²) in [7, 11) is 0. The Morgan fingerprint density at radius 2 is 2.04 bits per heavy atom. The molecule has 0 radical (unpaired) electrons. The first-order chi connectivity index (χ1) is 11.1.